The molecule has 0 amide bonds. The lowest BCUT2D eigenvalue weighted by Gasteiger charge is -2.23. The Bertz CT molecular complexity index is 408. The second-order valence-corrected chi connectivity index (χ2v) is 8.34. The van der Waals surface area contributed by atoms with Crippen LogP contribution < -0.4 is 0 Å². The molecular weight excluding hydrogens is 252 g/mol. The van der Waals surface area contributed by atoms with Gasteiger partial charge in [0.05, 0.1) is 0 Å². The van der Waals surface area contributed by atoms with Crippen molar-refractivity contribution in [1.82, 2.24) is 0 Å². The monoisotopic (exact) mass is 279 g/mol. The molecule has 0 fully saturated rings. The highest BCUT2D eigenvalue weighted by Gasteiger charge is 2.19. The van der Waals surface area contributed by atoms with Gasteiger partial charge >= 0.3 is 0 Å². The molecule has 1 unspecified atom stereocenters. The average molecular weight is 279 g/mol. The van der Waals surface area contributed by atoms with Crippen LogP contribution in [0.3, 0.4) is 0 Å². The van der Waals surface area contributed by atoms with E-state index in [0.29, 0.717) is 0 Å². The highest BCUT2D eigenvalue weighted by atomic mass is 28.3. The van der Waals surface area contributed by atoms with E-state index in [1.165, 1.54) is 11.1 Å². The Morgan fingerprint density at radius 1 is 1.26 bits per heavy atom. The van der Waals surface area contributed by atoms with Crippen molar-refractivity contribution in [1.29, 1.82) is 0 Å². The van der Waals surface area contributed by atoms with Gasteiger partial charge in [0.25, 0.3) is 0 Å². The summed E-state index contributed by atoms with van der Waals surface area (Å²) in [6.07, 6.45) is 1.28. The van der Waals surface area contributed by atoms with Crippen molar-refractivity contribution in [3.05, 3.63) is 34.9 Å². The van der Waals surface area contributed by atoms with Crippen molar-refractivity contribution < 1.29 is 9.53 Å². The van der Waals surface area contributed by atoms with Gasteiger partial charge in [0.15, 0.2) is 6.29 Å². The predicted octanol–water partition coefficient (Wildman–Crippen LogP) is 4.20. The molecule has 2 nitrogen and oxygen atoms in total. The van der Waals surface area contributed by atoms with Crippen molar-refractivity contribution in [2.24, 2.45) is 0 Å². The summed E-state index contributed by atoms with van der Waals surface area (Å²) in [4.78, 5) is 0. The normalized spacial score (nSPS) is 13.9. The van der Waals surface area contributed by atoms with Crippen LogP contribution >= 0.6 is 0 Å². The number of rotatable bonds is 5. The maximum Gasteiger partial charge on any atom is 0.208 e. The van der Waals surface area contributed by atoms with Crippen molar-refractivity contribution in [2.75, 3.05) is 0 Å². The Morgan fingerprint density at radius 3 is 2.37 bits per heavy atom. The highest BCUT2D eigenvalue weighted by molar-refractivity contribution is 6.48. The lowest BCUT2D eigenvalue weighted by Crippen LogP contribution is -2.17. The zero-order valence-corrected chi connectivity index (χ0v) is 14.1. The van der Waals surface area contributed by atoms with Gasteiger partial charge in [-0.2, -0.15) is 0 Å². The first-order chi connectivity index (χ1) is 8.75. The van der Waals surface area contributed by atoms with E-state index in [1.54, 1.807) is 0 Å². The molecule has 0 saturated heterocycles. The van der Waals surface area contributed by atoms with Gasteiger partial charge < -0.3 is 9.53 Å². The third-order valence-electron chi connectivity index (χ3n) is 3.14. The van der Waals surface area contributed by atoms with Crippen LogP contribution in [-0.4, -0.2) is 14.1 Å². The Labute approximate surface area is 119 Å². The lowest BCUT2D eigenvalue weighted by molar-refractivity contribution is -0.0218. The van der Waals surface area contributed by atoms with E-state index in [-0.39, 0.29) is 5.41 Å². The zero-order valence-electron chi connectivity index (χ0n) is 13.1. The molecule has 1 N–H and O–H groups in total. The topological polar surface area (TPSA) is 29.5 Å². The number of aliphatic hydroxyl groups excluding tert-OH is 1. The molecule has 107 valence electrons. The quantitative estimate of drug-likeness (QED) is 0.647. The fourth-order valence-electron chi connectivity index (χ4n) is 2.09. The van der Waals surface area contributed by atoms with Gasteiger partial charge in [0.1, 0.15) is 0 Å². The van der Waals surface area contributed by atoms with Crippen LogP contribution in [0.4, 0.5) is 0 Å². The molecule has 19 heavy (non-hydrogen) atoms. The van der Waals surface area contributed by atoms with Gasteiger partial charge in [-0.15, -0.1) is 0 Å². The molecule has 0 saturated carbocycles. The van der Waals surface area contributed by atoms with Gasteiger partial charge in [-0.3, -0.25) is 0 Å². The Balaban J connectivity index is 3.11. The molecule has 3 heteroatoms. The molecular formula is C16H27O2Si. The Morgan fingerprint density at radius 2 is 1.89 bits per heavy atom. The minimum absolute atomic E-state index is 0.136. The zero-order chi connectivity index (χ0) is 14.6. The summed E-state index contributed by atoms with van der Waals surface area (Å²) in [5.74, 6) is 0. The maximum absolute atomic E-state index is 10.2. The van der Waals surface area contributed by atoms with Crippen molar-refractivity contribution >= 4 is 9.04 Å². The van der Waals surface area contributed by atoms with Crippen LogP contribution in [0.1, 0.15) is 57.1 Å². The van der Waals surface area contributed by atoms with Crippen LogP contribution in [0, 0.1) is 0 Å². The first kappa shape index (κ1) is 16.4. The van der Waals surface area contributed by atoms with Gasteiger partial charge in [0.2, 0.25) is 9.04 Å². The summed E-state index contributed by atoms with van der Waals surface area (Å²) in [6, 6.07) is 6.36. The van der Waals surface area contributed by atoms with E-state index in [4.69, 9.17) is 4.43 Å². The number of benzene rings is 1. The predicted molar refractivity (Wildman–Crippen MR) is 82.7 cm³/mol. The molecule has 0 spiro atoms. The SMILES string of the molecule is CCCc1cc(C(C)(C)C)ccc1C(O)O[Si](C)C. The van der Waals surface area contributed by atoms with E-state index in [0.717, 1.165) is 18.4 Å². The molecule has 0 aliphatic carbocycles. The molecule has 0 aliphatic heterocycles. The molecule has 0 heterocycles. The summed E-state index contributed by atoms with van der Waals surface area (Å²) in [5, 5.41) is 10.2. The maximum atomic E-state index is 10.2. The van der Waals surface area contributed by atoms with Gasteiger partial charge in [-0.25, -0.2) is 0 Å². The van der Waals surface area contributed by atoms with E-state index in [2.05, 4.69) is 39.8 Å². The largest absolute Gasteiger partial charge is 0.389 e. The summed E-state index contributed by atoms with van der Waals surface area (Å²) in [5.41, 5.74) is 3.59. The van der Waals surface area contributed by atoms with E-state index >= 15 is 0 Å². The van der Waals surface area contributed by atoms with E-state index < -0.39 is 15.3 Å². The van der Waals surface area contributed by atoms with Crippen LogP contribution in [0.5, 0.6) is 0 Å². The van der Waals surface area contributed by atoms with Crippen LogP contribution in [0.2, 0.25) is 13.1 Å². The van der Waals surface area contributed by atoms with E-state index in [1.807, 2.05) is 19.2 Å². The standard InChI is InChI=1S/C16H27O2Si/c1-7-8-12-11-13(16(2,3)4)9-10-14(12)15(17)18-19(5)6/h9-11,15,17H,7-8H2,1-6H3. The number of aliphatic hydroxyl groups is 1. The minimum Gasteiger partial charge on any atom is -0.389 e. The minimum atomic E-state index is -0.900. The lowest BCUT2D eigenvalue weighted by atomic mass is 9.84. The van der Waals surface area contributed by atoms with Gasteiger partial charge in [0, 0.05) is 5.56 Å². The number of hydrogen-bond donors (Lipinski definition) is 1. The molecule has 1 atom stereocenters. The second kappa shape index (κ2) is 6.68. The highest BCUT2D eigenvalue weighted by Crippen LogP contribution is 2.28. The molecule has 1 aromatic carbocycles. The first-order valence-corrected chi connectivity index (χ1v) is 9.44. The number of hydrogen-bond acceptors (Lipinski definition) is 2. The molecule has 1 radical (unpaired) electrons. The second-order valence-electron chi connectivity index (χ2n) is 6.29. The van der Waals surface area contributed by atoms with Crippen LogP contribution in [-0.2, 0) is 16.3 Å². The summed E-state index contributed by atoms with van der Waals surface area (Å²) < 4.78 is 5.61. The molecule has 1 rings (SSSR count). The van der Waals surface area contributed by atoms with Crippen LogP contribution in [0.25, 0.3) is 0 Å². The van der Waals surface area contributed by atoms with Crippen molar-refractivity contribution in [3.63, 3.8) is 0 Å². The molecule has 0 aromatic heterocycles. The van der Waals surface area contributed by atoms with Crippen LogP contribution in [0.15, 0.2) is 18.2 Å². The van der Waals surface area contributed by atoms with Gasteiger partial charge in [-0.05, 0) is 36.1 Å². The van der Waals surface area contributed by atoms with Crippen molar-refractivity contribution in [3.8, 4) is 0 Å². The molecule has 0 aliphatic rings. The summed E-state index contributed by atoms with van der Waals surface area (Å²) >= 11 is 0. The Hall–Kier alpha value is -0.643. The summed E-state index contributed by atoms with van der Waals surface area (Å²) in [7, 11) is -0.900. The summed E-state index contributed by atoms with van der Waals surface area (Å²) in [6.45, 7) is 12.9. The fraction of sp³-hybridized carbons (Fsp3) is 0.625. The molecule has 0 bridgehead atoms. The van der Waals surface area contributed by atoms with E-state index in [9.17, 15) is 5.11 Å². The number of aryl methyl sites for hydroxylation is 1. The van der Waals surface area contributed by atoms with Gasteiger partial charge in [-0.1, -0.05) is 52.3 Å². The first-order valence-electron chi connectivity index (χ1n) is 7.04. The van der Waals surface area contributed by atoms with Crippen molar-refractivity contribution in [2.45, 2.75) is 65.3 Å². The average Bonchev–Trinajstić information content (AvgIpc) is 2.27. The molecule has 1 aromatic rings. The fourth-order valence-corrected chi connectivity index (χ4v) is 2.66. The smallest absolute Gasteiger partial charge is 0.208 e. The Kier molecular flexibility index (Phi) is 5.77. The third-order valence-corrected chi connectivity index (χ3v) is 3.84. The third kappa shape index (κ3) is 4.75.